The summed E-state index contributed by atoms with van der Waals surface area (Å²) >= 11 is 3.42. The van der Waals surface area contributed by atoms with Gasteiger partial charge < -0.3 is 15.7 Å². The van der Waals surface area contributed by atoms with Gasteiger partial charge in [-0.1, -0.05) is 33.2 Å². The third-order valence-corrected chi connectivity index (χ3v) is 3.43. The first-order valence-corrected chi connectivity index (χ1v) is 7.14. The van der Waals surface area contributed by atoms with Crippen LogP contribution in [0.1, 0.15) is 22.4 Å². The number of hydrogen-bond acceptors (Lipinski definition) is 4. The Labute approximate surface area is 131 Å². The molecule has 0 bridgehead atoms. The van der Waals surface area contributed by atoms with Gasteiger partial charge in [-0.2, -0.15) is 0 Å². The monoisotopic (exact) mass is 349 g/mol. The Hall–Kier alpha value is -2.08. The summed E-state index contributed by atoms with van der Waals surface area (Å²) in [6.07, 6.45) is 0. The maximum absolute atomic E-state index is 8.90. The Morgan fingerprint density at radius 2 is 2.14 bits per heavy atom. The molecule has 0 aliphatic rings. The van der Waals surface area contributed by atoms with E-state index in [9.17, 15) is 0 Å². The number of aryl methyl sites for hydroxylation is 2. The van der Waals surface area contributed by atoms with E-state index in [-0.39, 0.29) is 5.84 Å². The number of nitrogens with zero attached hydrogens (tertiary/aromatic N) is 2. The van der Waals surface area contributed by atoms with Crippen molar-refractivity contribution in [3.8, 4) is 5.88 Å². The summed E-state index contributed by atoms with van der Waals surface area (Å²) < 4.78 is 6.74. The number of ether oxygens (including phenoxy) is 1. The van der Waals surface area contributed by atoms with Crippen LogP contribution in [0.2, 0.25) is 0 Å². The van der Waals surface area contributed by atoms with Crippen molar-refractivity contribution < 1.29 is 9.94 Å². The minimum atomic E-state index is -0.00996. The minimum absolute atomic E-state index is 0.00996. The van der Waals surface area contributed by atoms with E-state index in [0.717, 1.165) is 21.3 Å². The SMILES string of the molecule is Cc1cc(C)c(/C(N)=N/O)c(OCc2cccc(Br)c2)n1. The molecule has 1 aromatic carbocycles. The first kappa shape index (κ1) is 15.3. The summed E-state index contributed by atoms with van der Waals surface area (Å²) in [6, 6.07) is 9.66. The lowest BCUT2D eigenvalue weighted by atomic mass is 10.1. The summed E-state index contributed by atoms with van der Waals surface area (Å²) in [5.41, 5.74) is 8.88. The van der Waals surface area contributed by atoms with Gasteiger partial charge in [0.1, 0.15) is 6.61 Å². The molecule has 1 heterocycles. The van der Waals surface area contributed by atoms with E-state index < -0.39 is 0 Å². The zero-order valence-corrected chi connectivity index (χ0v) is 13.4. The number of hydrogen-bond donors (Lipinski definition) is 2. The van der Waals surface area contributed by atoms with Crippen molar-refractivity contribution in [3.05, 3.63) is 57.2 Å². The highest BCUT2D eigenvalue weighted by atomic mass is 79.9. The van der Waals surface area contributed by atoms with Gasteiger partial charge in [0.2, 0.25) is 5.88 Å². The molecule has 0 unspecified atom stereocenters. The topological polar surface area (TPSA) is 80.7 Å². The molecular weight excluding hydrogens is 334 g/mol. The summed E-state index contributed by atoms with van der Waals surface area (Å²) in [5, 5.41) is 11.9. The molecule has 0 aliphatic carbocycles. The van der Waals surface area contributed by atoms with Gasteiger partial charge in [-0.05, 0) is 43.2 Å². The quantitative estimate of drug-likeness (QED) is 0.384. The molecule has 110 valence electrons. The second-order valence-corrected chi connectivity index (χ2v) is 5.58. The molecule has 0 aliphatic heterocycles. The molecule has 5 nitrogen and oxygen atoms in total. The molecule has 21 heavy (non-hydrogen) atoms. The van der Waals surface area contributed by atoms with Gasteiger partial charge >= 0.3 is 0 Å². The fourth-order valence-corrected chi connectivity index (χ4v) is 2.49. The lowest BCUT2D eigenvalue weighted by Crippen LogP contribution is -2.17. The van der Waals surface area contributed by atoms with Crippen LogP contribution in [-0.2, 0) is 6.61 Å². The van der Waals surface area contributed by atoms with E-state index in [1.165, 1.54) is 0 Å². The van der Waals surface area contributed by atoms with Crippen LogP contribution in [0.15, 0.2) is 40.0 Å². The van der Waals surface area contributed by atoms with Gasteiger partial charge in [0, 0.05) is 10.2 Å². The minimum Gasteiger partial charge on any atom is -0.472 e. The van der Waals surface area contributed by atoms with E-state index in [1.54, 1.807) is 0 Å². The van der Waals surface area contributed by atoms with E-state index >= 15 is 0 Å². The molecular formula is C15H16BrN3O2. The average molecular weight is 350 g/mol. The molecule has 0 saturated carbocycles. The summed E-state index contributed by atoms with van der Waals surface area (Å²) in [5.74, 6) is 0.354. The van der Waals surface area contributed by atoms with Gasteiger partial charge in [0.25, 0.3) is 0 Å². The Bertz CT molecular complexity index is 687. The molecule has 0 atom stereocenters. The number of amidine groups is 1. The summed E-state index contributed by atoms with van der Waals surface area (Å²) in [4.78, 5) is 4.33. The van der Waals surface area contributed by atoms with Crippen molar-refractivity contribution in [1.29, 1.82) is 0 Å². The van der Waals surface area contributed by atoms with Gasteiger partial charge in [0.05, 0.1) is 5.56 Å². The largest absolute Gasteiger partial charge is 0.472 e. The van der Waals surface area contributed by atoms with Crippen molar-refractivity contribution in [1.82, 2.24) is 4.98 Å². The first-order valence-electron chi connectivity index (χ1n) is 6.34. The number of pyridine rings is 1. The molecule has 0 amide bonds. The third kappa shape index (κ3) is 3.72. The average Bonchev–Trinajstić information content (AvgIpc) is 2.44. The Balaban J connectivity index is 2.31. The van der Waals surface area contributed by atoms with E-state index in [4.69, 9.17) is 15.7 Å². The summed E-state index contributed by atoms with van der Waals surface area (Å²) in [7, 11) is 0. The van der Waals surface area contributed by atoms with Crippen LogP contribution in [0.5, 0.6) is 5.88 Å². The Morgan fingerprint density at radius 1 is 1.38 bits per heavy atom. The molecule has 0 radical (unpaired) electrons. The van der Waals surface area contributed by atoms with Crippen molar-refractivity contribution in [3.63, 3.8) is 0 Å². The Morgan fingerprint density at radius 3 is 2.81 bits per heavy atom. The fraction of sp³-hybridized carbons (Fsp3) is 0.200. The normalized spacial score (nSPS) is 11.5. The third-order valence-electron chi connectivity index (χ3n) is 2.94. The molecule has 0 saturated heterocycles. The lowest BCUT2D eigenvalue weighted by Gasteiger charge is -2.13. The van der Waals surface area contributed by atoms with Crippen LogP contribution in [0, 0.1) is 13.8 Å². The van der Waals surface area contributed by atoms with E-state index in [2.05, 4.69) is 26.1 Å². The maximum atomic E-state index is 8.90. The van der Waals surface area contributed by atoms with Crippen LogP contribution < -0.4 is 10.5 Å². The van der Waals surface area contributed by atoms with Crippen molar-refractivity contribution in [2.45, 2.75) is 20.5 Å². The second kappa shape index (κ2) is 6.58. The van der Waals surface area contributed by atoms with Crippen molar-refractivity contribution >= 4 is 21.8 Å². The van der Waals surface area contributed by atoms with Crippen LogP contribution in [0.25, 0.3) is 0 Å². The highest BCUT2D eigenvalue weighted by Crippen LogP contribution is 2.22. The smallest absolute Gasteiger partial charge is 0.225 e. The van der Waals surface area contributed by atoms with Crippen LogP contribution in [-0.4, -0.2) is 16.0 Å². The molecule has 0 spiro atoms. The first-order chi connectivity index (χ1) is 10.0. The fourth-order valence-electron chi connectivity index (χ4n) is 2.05. The predicted octanol–water partition coefficient (Wildman–Crippen LogP) is 3.13. The molecule has 2 aromatic rings. The second-order valence-electron chi connectivity index (χ2n) is 4.66. The maximum Gasteiger partial charge on any atom is 0.225 e. The summed E-state index contributed by atoms with van der Waals surface area (Å²) in [6.45, 7) is 4.09. The molecule has 3 N–H and O–H groups in total. The van der Waals surface area contributed by atoms with Crippen LogP contribution in [0.4, 0.5) is 0 Å². The van der Waals surface area contributed by atoms with E-state index in [1.807, 2.05) is 44.2 Å². The highest BCUT2D eigenvalue weighted by molar-refractivity contribution is 9.10. The lowest BCUT2D eigenvalue weighted by molar-refractivity contribution is 0.291. The number of benzene rings is 1. The molecule has 6 heteroatoms. The van der Waals surface area contributed by atoms with Crippen LogP contribution >= 0.6 is 15.9 Å². The van der Waals surface area contributed by atoms with Gasteiger partial charge in [-0.3, -0.25) is 0 Å². The van der Waals surface area contributed by atoms with Gasteiger partial charge in [-0.15, -0.1) is 0 Å². The molecule has 0 fully saturated rings. The molecule has 2 rings (SSSR count). The predicted molar refractivity (Wildman–Crippen MR) is 84.7 cm³/mol. The van der Waals surface area contributed by atoms with Crippen molar-refractivity contribution in [2.75, 3.05) is 0 Å². The van der Waals surface area contributed by atoms with Crippen molar-refractivity contribution in [2.24, 2.45) is 10.9 Å². The Kier molecular flexibility index (Phi) is 4.80. The standard InChI is InChI=1S/C15H16BrN3O2/c1-9-6-10(2)18-15(13(9)14(17)19-20)21-8-11-4-3-5-12(16)7-11/h3-7,20H,8H2,1-2H3,(H2,17,19). The zero-order chi connectivity index (χ0) is 15.4. The van der Waals surface area contributed by atoms with E-state index in [0.29, 0.717) is 18.1 Å². The molecule has 1 aromatic heterocycles. The highest BCUT2D eigenvalue weighted by Gasteiger charge is 2.14. The van der Waals surface area contributed by atoms with Gasteiger partial charge in [0.15, 0.2) is 5.84 Å². The van der Waals surface area contributed by atoms with Gasteiger partial charge in [-0.25, -0.2) is 4.98 Å². The number of halogens is 1. The number of nitrogens with two attached hydrogens (primary N) is 1. The zero-order valence-electron chi connectivity index (χ0n) is 11.8. The number of aromatic nitrogens is 1. The number of rotatable bonds is 4. The van der Waals surface area contributed by atoms with Crippen LogP contribution in [0.3, 0.4) is 0 Å². The number of oxime groups is 1.